The Balaban J connectivity index is 2.40. The van der Waals surface area contributed by atoms with E-state index in [9.17, 15) is 0 Å². The number of ether oxygens (including phenoxy) is 1. The van der Waals surface area contributed by atoms with Crippen LogP contribution in [0.1, 0.15) is 25.6 Å². The lowest BCUT2D eigenvalue weighted by molar-refractivity contribution is 0.341. The highest BCUT2D eigenvalue weighted by molar-refractivity contribution is 7.15. The Bertz CT molecular complexity index is 529. The molecule has 2 aromatic rings. The quantitative estimate of drug-likeness (QED) is 0.918. The summed E-state index contributed by atoms with van der Waals surface area (Å²) < 4.78 is 5.62. The van der Waals surface area contributed by atoms with Gasteiger partial charge in [0.25, 0.3) is 0 Å². The van der Waals surface area contributed by atoms with Crippen LogP contribution in [0.25, 0.3) is 10.6 Å². The van der Waals surface area contributed by atoms with Crippen molar-refractivity contribution < 1.29 is 4.74 Å². The second kappa shape index (κ2) is 5.08. The van der Waals surface area contributed by atoms with Crippen molar-refractivity contribution in [3.8, 4) is 16.3 Å². The Morgan fingerprint density at radius 3 is 2.67 bits per heavy atom. The van der Waals surface area contributed by atoms with E-state index >= 15 is 0 Å². The van der Waals surface area contributed by atoms with Crippen molar-refractivity contribution in [1.29, 1.82) is 0 Å². The summed E-state index contributed by atoms with van der Waals surface area (Å²) in [4.78, 5) is 5.53. The number of hydrogen-bond acceptors (Lipinski definition) is 4. The molecule has 1 aromatic carbocycles. The summed E-state index contributed by atoms with van der Waals surface area (Å²) in [6.07, 6.45) is 1.85. The van der Waals surface area contributed by atoms with Crippen molar-refractivity contribution in [2.75, 3.05) is 6.61 Å². The summed E-state index contributed by atoms with van der Waals surface area (Å²) in [7, 11) is 0. The average molecular weight is 262 g/mol. The molecule has 4 heteroatoms. The Hall–Kier alpha value is -1.39. The van der Waals surface area contributed by atoms with Crippen molar-refractivity contribution in [1.82, 2.24) is 4.98 Å². The third-order valence-electron chi connectivity index (χ3n) is 2.56. The van der Waals surface area contributed by atoms with E-state index in [2.05, 4.69) is 4.98 Å². The van der Waals surface area contributed by atoms with E-state index < -0.39 is 0 Å². The van der Waals surface area contributed by atoms with E-state index in [0.29, 0.717) is 6.61 Å². The molecule has 2 N–H and O–H groups in total. The van der Waals surface area contributed by atoms with Gasteiger partial charge in [0.1, 0.15) is 10.8 Å². The van der Waals surface area contributed by atoms with Crippen LogP contribution in [-0.2, 0) is 5.54 Å². The molecule has 0 spiro atoms. The van der Waals surface area contributed by atoms with Crippen LogP contribution in [0.3, 0.4) is 0 Å². The van der Waals surface area contributed by atoms with Crippen molar-refractivity contribution in [3.63, 3.8) is 0 Å². The monoisotopic (exact) mass is 262 g/mol. The van der Waals surface area contributed by atoms with E-state index in [4.69, 9.17) is 10.5 Å². The lowest BCUT2D eigenvalue weighted by atomic mass is 10.1. The van der Waals surface area contributed by atoms with Gasteiger partial charge >= 0.3 is 0 Å². The summed E-state index contributed by atoms with van der Waals surface area (Å²) >= 11 is 1.62. The van der Waals surface area contributed by atoms with E-state index in [1.807, 2.05) is 51.2 Å². The second-order valence-electron chi connectivity index (χ2n) is 4.68. The minimum absolute atomic E-state index is 0.351. The number of nitrogens with zero attached hydrogens (tertiary/aromatic N) is 1. The first-order chi connectivity index (χ1) is 8.52. The first kappa shape index (κ1) is 13.1. The highest BCUT2D eigenvalue weighted by Gasteiger charge is 2.19. The largest absolute Gasteiger partial charge is 0.493 e. The second-order valence-corrected chi connectivity index (χ2v) is 5.71. The molecule has 1 heterocycles. The summed E-state index contributed by atoms with van der Waals surface area (Å²) in [6, 6.07) is 7.95. The first-order valence-corrected chi connectivity index (χ1v) is 6.81. The van der Waals surface area contributed by atoms with Crippen LogP contribution >= 0.6 is 11.3 Å². The lowest BCUT2D eigenvalue weighted by Gasteiger charge is -2.14. The molecule has 18 heavy (non-hydrogen) atoms. The zero-order valence-electron chi connectivity index (χ0n) is 10.9. The average Bonchev–Trinajstić information content (AvgIpc) is 2.79. The van der Waals surface area contributed by atoms with Crippen molar-refractivity contribution in [3.05, 3.63) is 35.3 Å². The number of hydrogen-bond donors (Lipinski definition) is 1. The minimum Gasteiger partial charge on any atom is -0.493 e. The molecule has 2 rings (SSSR count). The third kappa shape index (κ3) is 2.71. The topological polar surface area (TPSA) is 48.1 Å². The number of benzene rings is 1. The Kier molecular flexibility index (Phi) is 3.68. The van der Waals surface area contributed by atoms with E-state index in [0.717, 1.165) is 21.2 Å². The molecule has 0 bridgehead atoms. The van der Waals surface area contributed by atoms with Crippen molar-refractivity contribution in [2.24, 2.45) is 5.73 Å². The van der Waals surface area contributed by atoms with Crippen LogP contribution in [0.2, 0.25) is 0 Å². The van der Waals surface area contributed by atoms with E-state index in [-0.39, 0.29) is 5.54 Å². The summed E-state index contributed by atoms with van der Waals surface area (Å²) in [5.41, 5.74) is 6.76. The smallest absolute Gasteiger partial charge is 0.129 e. The van der Waals surface area contributed by atoms with Crippen LogP contribution in [0.15, 0.2) is 30.5 Å². The van der Waals surface area contributed by atoms with Gasteiger partial charge in [-0.2, -0.15) is 0 Å². The molecule has 0 aliphatic carbocycles. The summed E-state index contributed by atoms with van der Waals surface area (Å²) in [5, 5.41) is 0.951. The molecule has 0 aliphatic heterocycles. The third-order valence-corrected chi connectivity index (χ3v) is 3.93. The molecule has 0 atom stereocenters. The van der Waals surface area contributed by atoms with Crippen LogP contribution < -0.4 is 10.5 Å². The zero-order chi connectivity index (χ0) is 13.2. The molecule has 0 fully saturated rings. The van der Waals surface area contributed by atoms with E-state index in [1.165, 1.54) is 0 Å². The molecule has 1 aromatic heterocycles. The number of rotatable bonds is 4. The first-order valence-electron chi connectivity index (χ1n) is 5.99. The van der Waals surface area contributed by atoms with Gasteiger partial charge in [-0.25, -0.2) is 4.98 Å². The fourth-order valence-corrected chi connectivity index (χ4v) is 2.58. The molecule has 96 valence electrons. The van der Waals surface area contributed by atoms with Crippen LogP contribution in [-0.4, -0.2) is 11.6 Å². The molecule has 0 saturated heterocycles. The highest BCUT2D eigenvalue weighted by Crippen LogP contribution is 2.35. The van der Waals surface area contributed by atoms with Crippen LogP contribution in [0.4, 0.5) is 0 Å². The fraction of sp³-hybridized carbons (Fsp3) is 0.357. The molecule has 0 unspecified atom stereocenters. The standard InChI is InChI=1S/C14H18N2OS/c1-4-17-11-8-6-5-7-10(11)13-16-9-12(18-13)14(2,3)15/h5-9H,4,15H2,1-3H3. The van der Waals surface area contributed by atoms with Gasteiger partial charge in [-0.05, 0) is 32.9 Å². The lowest BCUT2D eigenvalue weighted by Crippen LogP contribution is -2.27. The predicted molar refractivity (Wildman–Crippen MR) is 75.9 cm³/mol. The predicted octanol–water partition coefficient (Wildman–Crippen LogP) is 3.40. The SMILES string of the molecule is CCOc1ccccc1-c1ncc(C(C)(C)N)s1. The number of para-hydroxylation sites is 1. The van der Waals surface area contributed by atoms with Gasteiger partial charge in [-0.1, -0.05) is 12.1 Å². The number of nitrogens with two attached hydrogens (primary N) is 1. The van der Waals surface area contributed by atoms with Gasteiger partial charge in [0.2, 0.25) is 0 Å². The van der Waals surface area contributed by atoms with Gasteiger partial charge in [0, 0.05) is 16.6 Å². The molecule has 0 amide bonds. The van der Waals surface area contributed by atoms with E-state index in [1.54, 1.807) is 11.3 Å². The normalized spacial score (nSPS) is 11.6. The molecular weight excluding hydrogens is 244 g/mol. The van der Waals surface area contributed by atoms with Gasteiger partial charge in [-0.15, -0.1) is 11.3 Å². The molecule has 3 nitrogen and oxygen atoms in total. The van der Waals surface area contributed by atoms with Gasteiger partial charge in [0.15, 0.2) is 0 Å². The Morgan fingerprint density at radius 2 is 2.06 bits per heavy atom. The van der Waals surface area contributed by atoms with Gasteiger partial charge in [0.05, 0.1) is 12.2 Å². The maximum Gasteiger partial charge on any atom is 0.129 e. The molecule has 0 aliphatic rings. The molecule has 0 saturated carbocycles. The molecular formula is C14H18N2OS. The summed E-state index contributed by atoms with van der Waals surface area (Å²) in [5.74, 6) is 0.871. The number of thiazole rings is 1. The van der Waals surface area contributed by atoms with Gasteiger partial charge in [-0.3, -0.25) is 0 Å². The Morgan fingerprint density at radius 1 is 1.33 bits per heavy atom. The van der Waals surface area contributed by atoms with Crippen LogP contribution in [0.5, 0.6) is 5.75 Å². The van der Waals surface area contributed by atoms with Crippen molar-refractivity contribution >= 4 is 11.3 Å². The minimum atomic E-state index is -0.351. The van der Waals surface area contributed by atoms with Crippen molar-refractivity contribution in [2.45, 2.75) is 26.3 Å². The molecule has 0 radical (unpaired) electrons. The zero-order valence-corrected chi connectivity index (χ0v) is 11.8. The Labute approximate surface area is 112 Å². The fourth-order valence-electron chi connectivity index (χ4n) is 1.62. The number of aromatic nitrogens is 1. The van der Waals surface area contributed by atoms with Gasteiger partial charge < -0.3 is 10.5 Å². The maximum atomic E-state index is 6.08. The highest BCUT2D eigenvalue weighted by atomic mass is 32.1. The summed E-state index contributed by atoms with van der Waals surface area (Å²) in [6.45, 7) is 6.60. The maximum absolute atomic E-state index is 6.08. The van der Waals surface area contributed by atoms with Crippen LogP contribution in [0, 0.1) is 0 Å².